The summed E-state index contributed by atoms with van der Waals surface area (Å²) in [6.45, 7) is 5.95. The van der Waals surface area contributed by atoms with E-state index >= 15 is 0 Å². The van der Waals surface area contributed by atoms with E-state index in [9.17, 15) is 4.79 Å². The third-order valence-corrected chi connectivity index (χ3v) is 4.64. The first-order valence-corrected chi connectivity index (χ1v) is 8.80. The van der Waals surface area contributed by atoms with Crippen molar-refractivity contribution in [2.75, 3.05) is 5.32 Å². The molecule has 0 saturated heterocycles. The lowest BCUT2D eigenvalue weighted by Crippen LogP contribution is -2.14. The topological polar surface area (TPSA) is 59.3 Å². The lowest BCUT2D eigenvalue weighted by Gasteiger charge is -2.12. The molecule has 0 aliphatic heterocycles. The molecule has 2 aromatic carbocycles. The zero-order valence-electron chi connectivity index (χ0n) is 15.5. The van der Waals surface area contributed by atoms with Gasteiger partial charge in [0.15, 0.2) is 0 Å². The monoisotopic (exact) mass is 356 g/mol. The van der Waals surface area contributed by atoms with Crippen molar-refractivity contribution in [2.45, 2.75) is 20.8 Å². The van der Waals surface area contributed by atoms with Gasteiger partial charge in [0.1, 0.15) is 0 Å². The normalized spacial score (nSPS) is 10.9. The number of nitrogens with zero attached hydrogens (tertiary/aromatic N) is 3. The Kier molecular flexibility index (Phi) is 4.20. The van der Waals surface area contributed by atoms with Crippen molar-refractivity contribution >= 4 is 17.4 Å². The number of imidazole rings is 1. The van der Waals surface area contributed by atoms with Gasteiger partial charge in [0, 0.05) is 35.4 Å². The number of carbonyl (C=O) groups is 1. The van der Waals surface area contributed by atoms with Gasteiger partial charge in [0.2, 0.25) is 5.78 Å². The van der Waals surface area contributed by atoms with E-state index in [4.69, 9.17) is 0 Å². The molecule has 5 heteroatoms. The summed E-state index contributed by atoms with van der Waals surface area (Å²) in [6, 6.07) is 13.7. The van der Waals surface area contributed by atoms with Gasteiger partial charge >= 0.3 is 0 Å². The summed E-state index contributed by atoms with van der Waals surface area (Å²) in [4.78, 5) is 21.6. The molecule has 0 fully saturated rings. The highest BCUT2D eigenvalue weighted by Gasteiger charge is 2.12. The molecule has 2 aromatic heterocycles. The smallest absolute Gasteiger partial charge is 0.255 e. The third kappa shape index (κ3) is 3.31. The maximum absolute atomic E-state index is 12.7. The van der Waals surface area contributed by atoms with E-state index < -0.39 is 0 Å². The van der Waals surface area contributed by atoms with Crippen LogP contribution in [-0.2, 0) is 0 Å². The lowest BCUT2D eigenvalue weighted by molar-refractivity contribution is 0.102. The SMILES string of the molecule is Cc1ccc(C(=O)Nc2cc(-c3cn4cccnc4n3)ccc2C)c(C)c1. The number of nitrogens with one attached hydrogen (secondary N) is 1. The minimum atomic E-state index is -0.107. The predicted molar refractivity (Wildman–Crippen MR) is 107 cm³/mol. The second-order valence-corrected chi connectivity index (χ2v) is 6.76. The van der Waals surface area contributed by atoms with Crippen molar-refractivity contribution in [3.8, 4) is 11.3 Å². The molecule has 0 unspecified atom stereocenters. The number of benzene rings is 2. The number of amides is 1. The van der Waals surface area contributed by atoms with E-state index in [1.54, 1.807) is 6.20 Å². The van der Waals surface area contributed by atoms with Crippen LogP contribution in [0.25, 0.3) is 17.0 Å². The number of carbonyl (C=O) groups excluding carboxylic acids is 1. The quantitative estimate of drug-likeness (QED) is 0.585. The van der Waals surface area contributed by atoms with Crippen LogP contribution in [0, 0.1) is 20.8 Å². The Hall–Kier alpha value is -3.47. The van der Waals surface area contributed by atoms with Gasteiger partial charge in [-0.3, -0.25) is 9.20 Å². The fraction of sp³-hybridized carbons (Fsp3) is 0.136. The molecule has 0 aliphatic carbocycles. The fourth-order valence-electron chi connectivity index (χ4n) is 3.14. The van der Waals surface area contributed by atoms with Crippen LogP contribution in [0.3, 0.4) is 0 Å². The van der Waals surface area contributed by atoms with Gasteiger partial charge in [0.05, 0.1) is 5.69 Å². The van der Waals surface area contributed by atoms with E-state index in [1.807, 2.05) is 80.0 Å². The average Bonchev–Trinajstić information content (AvgIpc) is 3.07. The second-order valence-electron chi connectivity index (χ2n) is 6.76. The van der Waals surface area contributed by atoms with Crippen molar-refractivity contribution in [3.63, 3.8) is 0 Å². The number of hydrogen-bond donors (Lipinski definition) is 1. The van der Waals surface area contributed by atoms with Crippen LogP contribution < -0.4 is 5.32 Å². The van der Waals surface area contributed by atoms with E-state index in [2.05, 4.69) is 15.3 Å². The van der Waals surface area contributed by atoms with Gasteiger partial charge in [-0.25, -0.2) is 9.97 Å². The van der Waals surface area contributed by atoms with Gasteiger partial charge in [-0.1, -0.05) is 29.8 Å². The van der Waals surface area contributed by atoms with Crippen LogP contribution in [0.15, 0.2) is 61.1 Å². The predicted octanol–water partition coefficient (Wildman–Crippen LogP) is 4.57. The largest absolute Gasteiger partial charge is 0.322 e. The molecule has 1 amide bonds. The number of rotatable bonds is 3. The first-order chi connectivity index (χ1) is 13.0. The Morgan fingerprint density at radius 3 is 2.67 bits per heavy atom. The molecule has 0 atom stereocenters. The Bertz CT molecular complexity index is 1130. The summed E-state index contributed by atoms with van der Waals surface area (Å²) in [7, 11) is 0. The summed E-state index contributed by atoms with van der Waals surface area (Å²) in [5, 5.41) is 3.04. The maximum Gasteiger partial charge on any atom is 0.255 e. The summed E-state index contributed by atoms with van der Waals surface area (Å²) in [5.41, 5.74) is 6.32. The van der Waals surface area contributed by atoms with Crippen LogP contribution in [0.1, 0.15) is 27.0 Å². The minimum Gasteiger partial charge on any atom is -0.322 e. The maximum atomic E-state index is 12.7. The zero-order chi connectivity index (χ0) is 19.0. The summed E-state index contributed by atoms with van der Waals surface area (Å²) >= 11 is 0. The Morgan fingerprint density at radius 1 is 1.04 bits per heavy atom. The number of hydrogen-bond acceptors (Lipinski definition) is 3. The number of aryl methyl sites for hydroxylation is 3. The van der Waals surface area contributed by atoms with Crippen LogP contribution in [-0.4, -0.2) is 20.3 Å². The molecular formula is C22H20N4O. The number of fused-ring (bicyclic) bond motifs is 1. The molecule has 5 nitrogen and oxygen atoms in total. The lowest BCUT2D eigenvalue weighted by atomic mass is 10.0. The molecule has 134 valence electrons. The molecule has 0 spiro atoms. The highest BCUT2D eigenvalue weighted by molar-refractivity contribution is 6.06. The first kappa shape index (κ1) is 17.0. The molecule has 4 rings (SSSR count). The first-order valence-electron chi connectivity index (χ1n) is 8.80. The van der Waals surface area contributed by atoms with Crippen molar-refractivity contribution in [3.05, 3.63) is 83.3 Å². The molecule has 4 aromatic rings. The second kappa shape index (κ2) is 6.68. The Balaban J connectivity index is 1.67. The van der Waals surface area contributed by atoms with E-state index in [1.165, 1.54) is 0 Å². The van der Waals surface area contributed by atoms with Crippen LogP contribution in [0.5, 0.6) is 0 Å². The molecule has 0 radical (unpaired) electrons. The van der Waals surface area contributed by atoms with Crippen LogP contribution >= 0.6 is 0 Å². The molecule has 27 heavy (non-hydrogen) atoms. The van der Waals surface area contributed by atoms with Crippen molar-refractivity contribution in [2.24, 2.45) is 0 Å². The van der Waals surface area contributed by atoms with E-state index in [0.717, 1.165) is 33.6 Å². The zero-order valence-corrected chi connectivity index (χ0v) is 15.5. The fourth-order valence-corrected chi connectivity index (χ4v) is 3.14. The van der Waals surface area contributed by atoms with Crippen molar-refractivity contribution in [1.82, 2.24) is 14.4 Å². The van der Waals surface area contributed by atoms with Crippen LogP contribution in [0.2, 0.25) is 0 Å². The van der Waals surface area contributed by atoms with Gasteiger partial charge in [0.25, 0.3) is 5.91 Å². The minimum absolute atomic E-state index is 0.107. The summed E-state index contributed by atoms with van der Waals surface area (Å²) < 4.78 is 1.88. The highest BCUT2D eigenvalue weighted by Crippen LogP contribution is 2.25. The summed E-state index contributed by atoms with van der Waals surface area (Å²) in [5.74, 6) is 0.540. The standard InChI is InChI=1S/C22H20N4O/c1-14-5-8-18(16(3)11-14)21(27)24-19-12-17(7-6-15(19)2)20-13-26-10-4-9-23-22(26)25-20/h4-13H,1-3H3,(H,24,27). The molecule has 0 bridgehead atoms. The van der Waals surface area contributed by atoms with Gasteiger partial charge in [-0.15, -0.1) is 0 Å². The van der Waals surface area contributed by atoms with E-state index in [-0.39, 0.29) is 5.91 Å². The number of anilines is 1. The Morgan fingerprint density at radius 2 is 1.89 bits per heavy atom. The molecule has 1 N–H and O–H groups in total. The van der Waals surface area contributed by atoms with E-state index in [0.29, 0.717) is 11.3 Å². The van der Waals surface area contributed by atoms with Crippen molar-refractivity contribution in [1.29, 1.82) is 0 Å². The third-order valence-electron chi connectivity index (χ3n) is 4.64. The molecular weight excluding hydrogens is 336 g/mol. The summed E-state index contributed by atoms with van der Waals surface area (Å²) in [6.07, 6.45) is 5.56. The van der Waals surface area contributed by atoms with Gasteiger partial charge in [-0.2, -0.15) is 0 Å². The Labute approximate surface area is 157 Å². The molecule has 0 saturated carbocycles. The van der Waals surface area contributed by atoms with Gasteiger partial charge < -0.3 is 5.32 Å². The average molecular weight is 356 g/mol. The van der Waals surface area contributed by atoms with Crippen LogP contribution in [0.4, 0.5) is 5.69 Å². The van der Waals surface area contributed by atoms with Gasteiger partial charge in [-0.05, 0) is 50.1 Å². The molecule has 0 aliphatic rings. The van der Waals surface area contributed by atoms with Crippen molar-refractivity contribution < 1.29 is 4.79 Å². The number of aromatic nitrogens is 3. The molecule has 2 heterocycles. The highest BCUT2D eigenvalue weighted by atomic mass is 16.1.